The molecule has 94 valence electrons. The van der Waals surface area contributed by atoms with E-state index in [-0.39, 0.29) is 0 Å². The molecule has 0 amide bonds. The number of benzene rings is 1. The fraction of sp³-hybridized carbons (Fsp3) is 0.625. The maximum absolute atomic E-state index is 3.71. The maximum atomic E-state index is 3.71. The molecule has 0 heterocycles. The van der Waals surface area contributed by atoms with Gasteiger partial charge in [-0.25, -0.2) is 0 Å². The zero-order chi connectivity index (χ0) is 12.1. The molecule has 0 aliphatic heterocycles. The van der Waals surface area contributed by atoms with Gasteiger partial charge in [0.25, 0.3) is 0 Å². The van der Waals surface area contributed by atoms with Crippen LogP contribution in [-0.2, 0) is 6.54 Å². The van der Waals surface area contributed by atoms with Crippen molar-refractivity contribution in [3.63, 3.8) is 0 Å². The normalized spacial score (nSPS) is 17.1. The quantitative estimate of drug-likeness (QED) is 0.740. The van der Waals surface area contributed by atoms with E-state index in [9.17, 15) is 0 Å². The van der Waals surface area contributed by atoms with E-state index in [4.69, 9.17) is 0 Å². The molecule has 1 fully saturated rings. The molecule has 1 saturated carbocycles. The van der Waals surface area contributed by atoms with Crippen molar-refractivity contribution >= 4 is 0 Å². The predicted molar refractivity (Wildman–Crippen MR) is 74.2 cm³/mol. The lowest BCUT2D eigenvalue weighted by Gasteiger charge is -2.17. The third-order valence-electron chi connectivity index (χ3n) is 3.78. The summed E-state index contributed by atoms with van der Waals surface area (Å²) in [6, 6.07) is 9.64. The summed E-state index contributed by atoms with van der Waals surface area (Å²) in [5.41, 5.74) is 3.11. The molecule has 1 N–H and O–H groups in total. The fourth-order valence-electron chi connectivity index (χ4n) is 2.54. The lowest BCUT2D eigenvalue weighted by atomic mass is 10.0. The van der Waals surface area contributed by atoms with Crippen LogP contribution in [0.5, 0.6) is 0 Å². The van der Waals surface area contributed by atoms with Gasteiger partial charge in [0.05, 0.1) is 0 Å². The Morgan fingerprint density at radius 2 is 2.00 bits per heavy atom. The number of hydrogen-bond acceptors (Lipinski definition) is 1. The van der Waals surface area contributed by atoms with Crippen LogP contribution >= 0.6 is 0 Å². The Kier molecular flexibility index (Phi) is 4.61. The molecule has 17 heavy (non-hydrogen) atoms. The van der Waals surface area contributed by atoms with Gasteiger partial charge in [0.1, 0.15) is 0 Å². The smallest absolute Gasteiger partial charge is 0.0210 e. The Morgan fingerprint density at radius 3 is 2.65 bits per heavy atom. The summed E-state index contributed by atoms with van der Waals surface area (Å²) in [7, 11) is 0. The Balaban J connectivity index is 1.93. The summed E-state index contributed by atoms with van der Waals surface area (Å²) in [6.45, 7) is 5.59. The molecular formula is C16H25N. The summed E-state index contributed by atoms with van der Waals surface area (Å²) in [6.07, 6.45) is 6.59. The summed E-state index contributed by atoms with van der Waals surface area (Å²) >= 11 is 0. The highest BCUT2D eigenvalue weighted by molar-refractivity contribution is 5.33. The molecule has 1 heteroatoms. The predicted octanol–water partition coefficient (Wildman–Crippen LogP) is 4.23. The van der Waals surface area contributed by atoms with Crippen molar-refractivity contribution < 1.29 is 0 Å². The molecule has 1 unspecified atom stereocenters. The van der Waals surface area contributed by atoms with E-state index < -0.39 is 0 Å². The first-order chi connectivity index (χ1) is 8.35. The van der Waals surface area contributed by atoms with E-state index in [1.165, 1.54) is 37.7 Å². The first kappa shape index (κ1) is 12.6. The van der Waals surface area contributed by atoms with Crippen LogP contribution in [0.25, 0.3) is 0 Å². The van der Waals surface area contributed by atoms with E-state index in [2.05, 4.69) is 43.4 Å². The molecule has 1 aromatic rings. The van der Waals surface area contributed by atoms with E-state index in [0.29, 0.717) is 6.04 Å². The van der Waals surface area contributed by atoms with Crippen LogP contribution < -0.4 is 5.32 Å². The average Bonchev–Trinajstić information content (AvgIpc) is 3.19. The molecule has 0 saturated heterocycles. The molecule has 1 aliphatic rings. The highest BCUT2D eigenvalue weighted by Crippen LogP contribution is 2.41. The molecule has 1 aliphatic carbocycles. The Labute approximate surface area is 106 Å². The minimum absolute atomic E-state index is 0.687. The fourth-order valence-corrected chi connectivity index (χ4v) is 2.54. The molecule has 0 aromatic heterocycles. The van der Waals surface area contributed by atoms with Crippen molar-refractivity contribution in [2.75, 3.05) is 0 Å². The van der Waals surface area contributed by atoms with Gasteiger partial charge in [-0.2, -0.15) is 0 Å². The van der Waals surface area contributed by atoms with Crippen molar-refractivity contribution in [3.05, 3.63) is 35.4 Å². The van der Waals surface area contributed by atoms with Crippen molar-refractivity contribution in [3.8, 4) is 0 Å². The van der Waals surface area contributed by atoms with Gasteiger partial charge in [0.2, 0.25) is 0 Å². The Bertz CT molecular complexity index is 341. The van der Waals surface area contributed by atoms with Crippen LogP contribution in [0.15, 0.2) is 24.3 Å². The molecule has 0 radical (unpaired) electrons. The van der Waals surface area contributed by atoms with Gasteiger partial charge < -0.3 is 5.32 Å². The monoisotopic (exact) mass is 231 g/mol. The average molecular weight is 231 g/mol. The molecule has 1 atom stereocenters. The first-order valence-corrected chi connectivity index (χ1v) is 7.16. The highest BCUT2D eigenvalue weighted by Gasteiger charge is 2.25. The Morgan fingerprint density at radius 1 is 1.24 bits per heavy atom. The molecule has 1 aromatic carbocycles. The van der Waals surface area contributed by atoms with Crippen LogP contribution in [-0.4, -0.2) is 6.04 Å². The lowest BCUT2D eigenvalue weighted by Crippen LogP contribution is -2.28. The molecule has 0 spiro atoms. The standard InChI is InChI=1S/C16H25N/c1-3-7-15(4-2)17-12-14-8-5-6-9-16(14)13-10-11-13/h5-6,8-9,13,15,17H,3-4,7,10-12H2,1-2H3. The summed E-state index contributed by atoms with van der Waals surface area (Å²) in [5, 5.41) is 3.71. The minimum atomic E-state index is 0.687. The topological polar surface area (TPSA) is 12.0 Å². The highest BCUT2D eigenvalue weighted by atomic mass is 14.9. The largest absolute Gasteiger partial charge is 0.310 e. The molecule has 2 rings (SSSR count). The van der Waals surface area contributed by atoms with Crippen LogP contribution in [0, 0.1) is 0 Å². The minimum Gasteiger partial charge on any atom is -0.310 e. The van der Waals surface area contributed by atoms with Crippen LogP contribution in [0.2, 0.25) is 0 Å². The van der Waals surface area contributed by atoms with Crippen molar-refractivity contribution in [2.45, 2.75) is 64.5 Å². The summed E-state index contributed by atoms with van der Waals surface area (Å²) in [5.74, 6) is 0.860. The summed E-state index contributed by atoms with van der Waals surface area (Å²) < 4.78 is 0. The second-order valence-corrected chi connectivity index (χ2v) is 5.25. The SMILES string of the molecule is CCCC(CC)NCc1ccccc1C1CC1. The van der Waals surface area contributed by atoms with Gasteiger partial charge >= 0.3 is 0 Å². The lowest BCUT2D eigenvalue weighted by molar-refractivity contribution is 0.461. The van der Waals surface area contributed by atoms with E-state index in [1.54, 1.807) is 5.56 Å². The third kappa shape index (κ3) is 3.57. The molecule has 1 nitrogen and oxygen atoms in total. The van der Waals surface area contributed by atoms with E-state index in [0.717, 1.165) is 12.5 Å². The molecular weight excluding hydrogens is 206 g/mol. The second-order valence-electron chi connectivity index (χ2n) is 5.25. The second kappa shape index (κ2) is 6.20. The molecule has 0 bridgehead atoms. The van der Waals surface area contributed by atoms with Gasteiger partial charge in [-0.3, -0.25) is 0 Å². The summed E-state index contributed by atoms with van der Waals surface area (Å²) in [4.78, 5) is 0. The van der Waals surface area contributed by atoms with Crippen LogP contribution in [0.3, 0.4) is 0 Å². The van der Waals surface area contributed by atoms with Crippen molar-refractivity contribution in [1.29, 1.82) is 0 Å². The van der Waals surface area contributed by atoms with Gasteiger partial charge in [-0.1, -0.05) is 44.5 Å². The van der Waals surface area contributed by atoms with Gasteiger partial charge in [0, 0.05) is 12.6 Å². The maximum Gasteiger partial charge on any atom is 0.0210 e. The van der Waals surface area contributed by atoms with Crippen LogP contribution in [0.1, 0.15) is 63.0 Å². The van der Waals surface area contributed by atoms with E-state index >= 15 is 0 Å². The third-order valence-corrected chi connectivity index (χ3v) is 3.78. The van der Waals surface area contributed by atoms with E-state index in [1.807, 2.05) is 0 Å². The zero-order valence-corrected chi connectivity index (χ0v) is 11.2. The van der Waals surface area contributed by atoms with Crippen molar-refractivity contribution in [1.82, 2.24) is 5.32 Å². The number of rotatable bonds is 7. The van der Waals surface area contributed by atoms with Gasteiger partial charge in [-0.15, -0.1) is 0 Å². The number of hydrogen-bond donors (Lipinski definition) is 1. The number of nitrogens with one attached hydrogen (secondary N) is 1. The van der Waals surface area contributed by atoms with Crippen LogP contribution in [0.4, 0.5) is 0 Å². The van der Waals surface area contributed by atoms with Gasteiger partial charge in [-0.05, 0) is 42.7 Å². The van der Waals surface area contributed by atoms with Crippen molar-refractivity contribution in [2.24, 2.45) is 0 Å². The van der Waals surface area contributed by atoms with Gasteiger partial charge in [0.15, 0.2) is 0 Å². The Hall–Kier alpha value is -0.820. The zero-order valence-electron chi connectivity index (χ0n) is 11.2. The first-order valence-electron chi connectivity index (χ1n) is 7.16.